The quantitative estimate of drug-likeness (QED) is 0.448. The fourth-order valence-electron chi connectivity index (χ4n) is 4.34. The van der Waals surface area contributed by atoms with Gasteiger partial charge in [-0.05, 0) is 36.0 Å². The van der Waals surface area contributed by atoms with Crippen molar-refractivity contribution in [3.8, 4) is 0 Å². The average molecular weight is 444 g/mol. The minimum atomic E-state index is 0.0345. The molecule has 32 heavy (non-hydrogen) atoms. The molecule has 3 heterocycles. The van der Waals surface area contributed by atoms with Crippen LogP contribution < -0.4 is 5.56 Å². The molecular weight excluding hydrogens is 418 g/mol. The van der Waals surface area contributed by atoms with Gasteiger partial charge < -0.3 is 4.90 Å². The van der Waals surface area contributed by atoms with E-state index < -0.39 is 0 Å². The summed E-state index contributed by atoms with van der Waals surface area (Å²) < 4.78 is 1.72. The fourth-order valence-corrected chi connectivity index (χ4v) is 5.53. The van der Waals surface area contributed by atoms with Crippen LogP contribution in [-0.4, -0.2) is 26.9 Å². The summed E-state index contributed by atoms with van der Waals surface area (Å²) in [5.74, 6) is 0.171. The van der Waals surface area contributed by atoms with Crippen molar-refractivity contribution in [1.29, 1.82) is 0 Å². The Morgan fingerprint density at radius 1 is 0.969 bits per heavy atom. The van der Waals surface area contributed by atoms with Crippen LogP contribution in [0.1, 0.15) is 28.0 Å². The Balaban J connectivity index is 1.31. The van der Waals surface area contributed by atoms with Crippen LogP contribution in [0.5, 0.6) is 0 Å². The molecule has 0 N–H and O–H groups in total. The predicted molar refractivity (Wildman–Crippen MR) is 128 cm³/mol. The maximum atomic E-state index is 13.2. The number of fused-ring (bicyclic) bond motifs is 3. The largest absolute Gasteiger partial charge is 0.337 e. The first-order valence-electron chi connectivity index (χ1n) is 11.0. The highest BCUT2D eigenvalue weighted by Gasteiger charge is 2.26. The smallest absolute Gasteiger partial charge is 0.262 e. The molecule has 2 aromatic heterocycles. The van der Waals surface area contributed by atoms with Gasteiger partial charge in [-0.15, -0.1) is 11.3 Å². The van der Waals surface area contributed by atoms with Crippen molar-refractivity contribution in [2.45, 2.75) is 38.8 Å². The molecule has 1 aliphatic heterocycles. The number of thiophene rings is 1. The number of nitrogens with zero attached hydrogens (tertiary/aromatic N) is 3. The fraction of sp³-hybridized carbons (Fsp3) is 0.269. The van der Waals surface area contributed by atoms with Crippen molar-refractivity contribution in [3.63, 3.8) is 0 Å². The molecule has 4 aromatic rings. The highest BCUT2D eigenvalue weighted by Crippen LogP contribution is 2.32. The lowest BCUT2D eigenvalue weighted by atomic mass is 10.0. The summed E-state index contributed by atoms with van der Waals surface area (Å²) in [6.45, 7) is 1.85. The van der Waals surface area contributed by atoms with E-state index in [1.165, 1.54) is 11.1 Å². The summed E-state index contributed by atoms with van der Waals surface area (Å²) in [7, 11) is 0. The number of hydrogen-bond acceptors (Lipinski definition) is 4. The monoisotopic (exact) mass is 443 g/mol. The van der Waals surface area contributed by atoms with Crippen LogP contribution in [-0.2, 0) is 37.1 Å². The lowest BCUT2D eigenvalue weighted by Gasteiger charge is -2.27. The molecule has 0 bridgehead atoms. The van der Waals surface area contributed by atoms with Crippen LogP contribution in [0.15, 0.2) is 71.8 Å². The van der Waals surface area contributed by atoms with Gasteiger partial charge in [-0.3, -0.25) is 14.2 Å². The van der Waals surface area contributed by atoms with E-state index in [0.29, 0.717) is 32.5 Å². The topological polar surface area (TPSA) is 55.2 Å². The number of carbonyl (C=O) groups is 1. The van der Waals surface area contributed by atoms with Crippen LogP contribution in [0, 0.1) is 0 Å². The summed E-state index contributed by atoms with van der Waals surface area (Å²) in [5.41, 5.74) is 3.51. The minimum absolute atomic E-state index is 0.0345. The van der Waals surface area contributed by atoms with Crippen molar-refractivity contribution in [3.05, 3.63) is 98.9 Å². The molecule has 6 heteroatoms. The summed E-state index contributed by atoms with van der Waals surface area (Å²) in [6, 6.07) is 20.3. The number of aryl methyl sites for hydroxylation is 3. The third-order valence-electron chi connectivity index (χ3n) is 6.13. The number of amides is 1. The Kier molecular flexibility index (Phi) is 5.86. The van der Waals surface area contributed by atoms with Gasteiger partial charge in [0, 0.05) is 24.4 Å². The molecule has 0 unspecified atom stereocenters. The second kappa shape index (κ2) is 9.09. The molecule has 5 nitrogen and oxygen atoms in total. The average Bonchev–Trinajstić information content (AvgIpc) is 3.22. The molecular formula is C26H25N3O2S. The van der Waals surface area contributed by atoms with Gasteiger partial charge in [-0.1, -0.05) is 60.7 Å². The highest BCUT2D eigenvalue weighted by atomic mass is 32.1. The number of aromatic nitrogens is 2. The molecule has 2 aromatic carbocycles. The van der Waals surface area contributed by atoms with E-state index in [2.05, 4.69) is 29.2 Å². The molecule has 0 fully saturated rings. The molecule has 0 spiro atoms. The first-order valence-corrected chi connectivity index (χ1v) is 11.9. The number of hydrogen-bond donors (Lipinski definition) is 0. The molecule has 0 saturated carbocycles. The van der Waals surface area contributed by atoms with Crippen LogP contribution in [0.3, 0.4) is 0 Å². The second-order valence-electron chi connectivity index (χ2n) is 8.21. The first-order chi connectivity index (χ1) is 15.7. The molecule has 1 amide bonds. The molecule has 0 saturated heterocycles. The zero-order chi connectivity index (χ0) is 21.9. The zero-order valence-corrected chi connectivity index (χ0v) is 18.7. The second-order valence-corrected chi connectivity index (χ2v) is 9.30. The number of benzene rings is 2. The summed E-state index contributed by atoms with van der Waals surface area (Å²) in [4.78, 5) is 34.4. The Labute approximate surface area is 191 Å². The Morgan fingerprint density at radius 2 is 1.66 bits per heavy atom. The van der Waals surface area contributed by atoms with Gasteiger partial charge >= 0.3 is 0 Å². The molecule has 0 aliphatic carbocycles. The minimum Gasteiger partial charge on any atom is -0.337 e. The maximum absolute atomic E-state index is 13.2. The van der Waals surface area contributed by atoms with Gasteiger partial charge in [0.1, 0.15) is 4.83 Å². The SMILES string of the molecule is O=C(CCc1ccccc1)N1CCc2c(sc3ncn(CCc4ccccc4)c(=O)c23)C1. The number of rotatable bonds is 6. The van der Waals surface area contributed by atoms with E-state index in [9.17, 15) is 9.59 Å². The van der Waals surface area contributed by atoms with Gasteiger partial charge in [0.05, 0.1) is 18.3 Å². The Hall–Kier alpha value is -3.25. The normalized spacial score (nSPS) is 13.3. The summed E-state index contributed by atoms with van der Waals surface area (Å²) in [5, 5.41) is 0.747. The standard InChI is InChI=1S/C26H25N3O2S/c30-23(12-11-19-7-3-1-4-8-19)28-16-14-21-22(17-28)32-25-24(21)26(31)29(18-27-25)15-13-20-9-5-2-6-10-20/h1-10,18H,11-17H2. The molecule has 0 atom stereocenters. The van der Waals surface area contributed by atoms with E-state index >= 15 is 0 Å². The van der Waals surface area contributed by atoms with Crippen molar-refractivity contribution >= 4 is 27.5 Å². The molecule has 162 valence electrons. The van der Waals surface area contributed by atoms with Crippen LogP contribution >= 0.6 is 11.3 Å². The lowest BCUT2D eigenvalue weighted by molar-refractivity contribution is -0.132. The van der Waals surface area contributed by atoms with Crippen LogP contribution in [0.2, 0.25) is 0 Å². The highest BCUT2D eigenvalue weighted by molar-refractivity contribution is 7.18. The Bertz CT molecular complexity index is 1300. The third kappa shape index (κ3) is 4.23. The lowest BCUT2D eigenvalue weighted by Crippen LogP contribution is -2.35. The van der Waals surface area contributed by atoms with E-state index in [-0.39, 0.29) is 11.5 Å². The van der Waals surface area contributed by atoms with E-state index in [0.717, 1.165) is 33.5 Å². The van der Waals surface area contributed by atoms with Crippen molar-refractivity contribution in [2.75, 3.05) is 6.54 Å². The maximum Gasteiger partial charge on any atom is 0.262 e. The van der Waals surface area contributed by atoms with Crippen LogP contribution in [0.4, 0.5) is 0 Å². The summed E-state index contributed by atoms with van der Waals surface area (Å²) in [6.07, 6.45) is 4.44. The van der Waals surface area contributed by atoms with Crippen molar-refractivity contribution < 1.29 is 4.79 Å². The zero-order valence-electron chi connectivity index (χ0n) is 17.9. The van der Waals surface area contributed by atoms with Gasteiger partial charge in [-0.25, -0.2) is 4.98 Å². The molecule has 1 aliphatic rings. The molecule has 5 rings (SSSR count). The Morgan fingerprint density at radius 3 is 2.38 bits per heavy atom. The van der Waals surface area contributed by atoms with Gasteiger partial charge in [0.25, 0.3) is 5.56 Å². The number of carbonyl (C=O) groups excluding carboxylic acids is 1. The molecule has 0 radical (unpaired) electrons. The predicted octanol–water partition coefficient (Wildman–Crippen LogP) is 4.22. The van der Waals surface area contributed by atoms with E-state index in [1.54, 1.807) is 22.2 Å². The third-order valence-corrected chi connectivity index (χ3v) is 7.26. The van der Waals surface area contributed by atoms with Gasteiger partial charge in [0.15, 0.2) is 0 Å². The van der Waals surface area contributed by atoms with Gasteiger partial charge in [0.2, 0.25) is 5.91 Å². The van der Waals surface area contributed by atoms with E-state index in [4.69, 9.17) is 0 Å². The van der Waals surface area contributed by atoms with E-state index in [1.807, 2.05) is 41.3 Å². The van der Waals surface area contributed by atoms with Crippen molar-refractivity contribution in [2.24, 2.45) is 0 Å². The van der Waals surface area contributed by atoms with Crippen molar-refractivity contribution in [1.82, 2.24) is 14.5 Å². The van der Waals surface area contributed by atoms with Gasteiger partial charge in [-0.2, -0.15) is 0 Å². The summed E-state index contributed by atoms with van der Waals surface area (Å²) >= 11 is 1.55. The first kappa shape index (κ1) is 20.6. The van der Waals surface area contributed by atoms with Crippen LogP contribution in [0.25, 0.3) is 10.2 Å².